The first-order valence-electron chi connectivity index (χ1n) is 8.01. The van der Waals surface area contributed by atoms with Gasteiger partial charge in [0.05, 0.1) is 19.2 Å². The van der Waals surface area contributed by atoms with Gasteiger partial charge in [-0.3, -0.25) is 15.0 Å². The van der Waals surface area contributed by atoms with Crippen molar-refractivity contribution in [3.05, 3.63) is 47.9 Å². The number of amidine groups is 1. The summed E-state index contributed by atoms with van der Waals surface area (Å²) < 4.78 is 6.09. The molecule has 10 heteroatoms. The largest absolute Gasteiger partial charge is 0.469 e. The molecule has 10 nitrogen and oxygen atoms in total. The number of aromatic nitrogens is 4. The highest BCUT2D eigenvalue weighted by molar-refractivity contribution is 5.95. The summed E-state index contributed by atoms with van der Waals surface area (Å²) in [5, 5.41) is 14.3. The Morgan fingerprint density at radius 1 is 1.22 bits per heavy atom. The van der Waals surface area contributed by atoms with E-state index in [1.807, 2.05) is 0 Å². The number of ether oxygens (including phenoxy) is 1. The molecule has 2 heterocycles. The highest BCUT2D eigenvalue weighted by Gasteiger charge is 2.18. The molecule has 1 aromatic carbocycles. The highest BCUT2D eigenvalue weighted by Crippen LogP contribution is 2.17. The van der Waals surface area contributed by atoms with Crippen LogP contribution < -0.4 is 11.1 Å². The average molecular weight is 367 g/mol. The molecule has 0 radical (unpaired) electrons. The summed E-state index contributed by atoms with van der Waals surface area (Å²) in [6, 6.07) is 8.67. The molecule has 0 saturated heterocycles. The van der Waals surface area contributed by atoms with Crippen LogP contribution in [0.15, 0.2) is 36.5 Å². The van der Waals surface area contributed by atoms with Crippen LogP contribution in [-0.4, -0.2) is 51.1 Å². The zero-order valence-corrected chi connectivity index (χ0v) is 14.5. The van der Waals surface area contributed by atoms with E-state index in [2.05, 4.69) is 25.1 Å². The molecule has 0 spiro atoms. The summed E-state index contributed by atoms with van der Waals surface area (Å²) in [7, 11) is 1.28. The van der Waals surface area contributed by atoms with E-state index in [0.29, 0.717) is 17.1 Å². The van der Waals surface area contributed by atoms with E-state index in [1.54, 1.807) is 41.2 Å². The molecular formula is C17H17N7O3. The number of imidazole rings is 1. The number of nitrogens with two attached hydrogens (primary N) is 1. The molecule has 138 valence electrons. The minimum absolute atomic E-state index is 0.0142. The number of carbonyl (C=O) groups excluding carboxylic acids is 2. The zero-order valence-electron chi connectivity index (χ0n) is 14.5. The number of nitrogen functional groups attached to an aromatic ring is 1. The van der Waals surface area contributed by atoms with Crippen LogP contribution in [0.2, 0.25) is 0 Å². The number of hydrogen-bond donors (Lipinski definition) is 3. The average Bonchev–Trinajstić information content (AvgIpc) is 3.11. The number of amides is 1. The number of nitrogens with zero attached hydrogens (tertiary/aromatic N) is 4. The molecule has 0 fully saturated rings. The number of hydrogen-bond acceptors (Lipinski definition) is 7. The Morgan fingerprint density at radius 3 is 2.63 bits per heavy atom. The first-order chi connectivity index (χ1) is 13.0. The van der Waals surface area contributed by atoms with Crippen molar-refractivity contribution in [3.63, 3.8) is 0 Å². The Hall–Kier alpha value is -3.82. The molecule has 1 amide bonds. The fourth-order valence-electron chi connectivity index (χ4n) is 2.31. The molecule has 0 atom stereocenters. The summed E-state index contributed by atoms with van der Waals surface area (Å²) in [6.07, 6.45) is 1.76. The van der Waals surface area contributed by atoms with Gasteiger partial charge in [0.15, 0.2) is 0 Å². The molecule has 3 rings (SSSR count). The normalized spacial score (nSPS) is 10.6. The van der Waals surface area contributed by atoms with Gasteiger partial charge in [0.25, 0.3) is 5.91 Å². The number of fused-ring (bicyclic) bond motifs is 1. The molecule has 0 aromatic heterocycles. The first-order valence-corrected chi connectivity index (χ1v) is 8.01. The van der Waals surface area contributed by atoms with Gasteiger partial charge in [-0.15, -0.1) is 5.10 Å². The van der Waals surface area contributed by atoms with Crippen molar-refractivity contribution in [1.82, 2.24) is 25.1 Å². The predicted octanol–water partition coefficient (Wildman–Crippen LogP) is 0.344. The van der Waals surface area contributed by atoms with Crippen molar-refractivity contribution in [3.8, 4) is 17.2 Å². The third-order valence-corrected chi connectivity index (χ3v) is 3.73. The number of methoxy groups -OCH3 is 1. The van der Waals surface area contributed by atoms with Crippen molar-refractivity contribution in [2.75, 3.05) is 13.7 Å². The lowest BCUT2D eigenvalue weighted by Crippen LogP contribution is -2.27. The van der Waals surface area contributed by atoms with Crippen LogP contribution in [0.1, 0.15) is 22.6 Å². The lowest BCUT2D eigenvalue weighted by atomic mass is 10.2. The van der Waals surface area contributed by atoms with Crippen molar-refractivity contribution >= 4 is 17.7 Å². The van der Waals surface area contributed by atoms with Crippen LogP contribution in [0, 0.1) is 5.41 Å². The van der Waals surface area contributed by atoms with E-state index in [0.717, 1.165) is 5.69 Å². The van der Waals surface area contributed by atoms with E-state index in [9.17, 15) is 9.59 Å². The van der Waals surface area contributed by atoms with Gasteiger partial charge in [-0.25, -0.2) is 14.6 Å². The first kappa shape index (κ1) is 18.0. The molecule has 0 unspecified atom stereocenters. The summed E-state index contributed by atoms with van der Waals surface area (Å²) in [5.74, 6) is -0.630. The number of esters is 1. The highest BCUT2D eigenvalue weighted by atomic mass is 16.5. The molecule has 1 aromatic rings. The van der Waals surface area contributed by atoms with Crippen LogP contribution in [-0.2, 0) is 9.53 Å². The van der Waals surface area contributed by atoms with Crippen LogP contribution in [0.5, 0.6) is 0 Å². The fourth-order valence-corrected chi connectivity index (χ4v) is 2.31. The second kappa shape index (κ2) is 7.60. The van der Waals surface area contributed by atoms with Gasteiger partial charge < -0.3 is 15.8 Å². The minimum atomic E-state index is -0.491. The number of carbonyl (C=O) groups is 2. The maximum atomic E-state index is 12.1. The molecule has 2 aliphatic rings. The molecule has 0 aliphatic carbocycles. The van der Waals surface area contributed by atoms with Crippen LogP contribution in [0.3, 0.4) is 0 Å². The lowest BCUT2D eigenvalue weighted by molar-refractivity contribution is -0.140. The Balaban J connectivity index is 1.77. The maximum absolute atomic E-state index is 12.1. The van der Waals surface area contributed by atoms with Crippen molar-refractivity contribution < 1.29 is 14.3 Å². The minimum Gasteiger partial charge on any atom is -0.469 e. The van der Waals surface area contributed by atoms with Gasteiger partial charge in [0.2, 0.25) is 11.6 Å². The van der Waals surface area contributed by atoms with Crippen molar-refractivity contribution in [2.45, 2.75) is 6.42 Å². The summed E-state index contributed by atoms with van der Waals surface area (Å²) in [5.41, 5.74) is 7.28. The van der Waals surface area contributed by atoms with Crippen LogP contribution >= 0.6 is 0 Å². The zero-order chi connectivity index (χ0) is 19.4. The Kier molecular flexibility index (Phi) is 5.06. The smallest absolute Gasteiger partial charge is 0.307 e. The Morgan fingerprint density at radius 2 is 1.96 bits per heavy atom. The van der Waals surface area contributed by atoms with E-state index in [-0.39, 0.29) is 24.6 Å². The molecule has 0 saturated carbocycles. The van der Waals surface area contributed by atoms with Gasteiger partial charge >= 0.3 is 5.97 Å². The third-order valence-electron chi connectivity index (χ3n) is 3.73. The van der Waals surface area contributed by atoms with E-state index in [4.69, 9.17) is 11.1 Å². The molecule has 0 bridgehead atoms. The second-order valence-electron chi connectivity index (χ2n) is 5.56. The van der Waals surface area contributed by atoms with Crippen LogP contribution in [0.4, 0.5) is 0 Å². The quantitative estimate of drug-likeness (QED) is 0.323. The maximum Gasteiger partial charge on any atom is 0.307 e. The summed E-state index contributed by atoms with van der Waals surface area (Å²) in [4.78, 5) is 31.4. The standard InChI is InChI=1S/C17H17N7O3/c1-27-13(25)6-8-20-17(26)16-21-12-7-9-24(23-15(12)22-16)11-4-2-10(3-5-11)14(18)19/h2-5,7,9H,6,8H2,1H3,(H3,18,19)(H,20,26). The monoisotopic (exact) mass is 367 g/mol. The van der Waals surface area contributed by atoms with E-state index in [1.165, 1.54) is 7.11 Å². The molecular weight excluding hydrogens is 350 g/mol. The second-order valence-corrected chi connectivity index (χ2v) is 5.56. The fraction of sp³-hybridized carbons (Fsp3) is 0.176. The van der Waals surface area contributed by atoms with Crippen molar-refractivity contribution in [2.24, 2.45) is 5.73 Å². The topological polar surface area (TPSA) is 149 Å². The van der Waals surface area contributed by atoms with Gasteiger partial charge in [-0.1, -0.05) is 0 Å². The lowest BCUT2D eigenvalue weighted by Gasteiger charge is -2.07. The Labute approximate surface area is 154 Å². The van der Waals surface area contributed by atoms with E-state index >= 15 is 0 Å². The molecule has 2 aliphatic heterocycles. The number of rotatable bonds is 6. The summed E-state index contributed by atoms with van der Waals surface area (Å²) >= 11 is 0. The van der Waals surface area contributed by atoms with Gasteiger partial charge in [0, 0.05) is 18.3 Å². The van der Waals surface area contributed by atoms with Gasteiger partial charge in [-0.05, 0) is 30.3 Å². The summed E-state index contributed by atoms with van der Waals surface area (Å²) in [6.45, 7) is 0.131. The van der Waals surface area contributed by atoms with Crippen LogP contribution in [0.25, 0.3) is 17.2 Å². The van der Waals surface area contributed by atoms with E-state index < -0.39 is 11.9 Å². The number of nitrogens with one attached hydrogen (secondary N) is 2. The third kappa shape index (κ3) is 4.06. The molecule has 27 heavy (non-hydrogen) atoms. The van der Waals surface area contributed by atoms with Crippen molar-refractivity contribution in [1.29, 1.82) is 5.41 Å². The SMILES string of the molecule is COC(=O)CCNC(=O)c1nc2ccn(-c3ccc(C(=N)N)cc3)nc-2n1. The predicted molar refractivity (Wildman–Crippen MR) is 95.8 cm³/mol. The van der Waals surface area contributed by atoms with Gasteiger partial charge in [0.1, 0.15) is 11.5 Å². The molecule has 4 N–H and O–H groups in total. The Bertz CT molecular complexity index is 965. The number of benzene rings is 1. The van der Waals surface area contributed by atoms with Gasteiger partial charge in [-0.2, -0.15) is 0 Å².